The fraction of sp³-hybridized carbons (Fsp3) is 0.889. The third kappa shape index (κ3) is 3.38. The fourth-order valence-corrected chi connectivity index (χ4v) is 8.65. The molecule has 0 amide bonds. The van der Waals surface area contributed by atoms with Crippen molar-refractivity contribution >= 4 is 5.78 Å². The van der Waals surface area contributed by atoms with Crippen LogP contribution in [0.1, 0.15) is 92.4 Å². The van der Waals surface area contributed by atoms with Gasteiger partial charge < -0.3 is 15.3 Å². The van der Waals surface area contributed by atoms with E-state index in [0.717, 1.165) is 42.6 Å². The minimum Gasteiger partial charge on any atom is -0.385 e. The van der Waals surface area contributed by atoms with Gasteiger partial charge in [-0.3, -0.25) is 4.79 Å². The van der Waals surface area contributed by atoms with Crippen LogP contribution in [0.5, 0.6) is 0 Å². The summed E-state index contributed by atoms with van der Waals surface area (Å²) in [5.74, 6) is 0.0146. The Morgan fingerprint density at radius 3 is 2.45 bits per heavy atom. The molecule has 0 saturated heterocycles. The summed E-state index contributed by atoms with van der Waals surface area (Å²) in [6.45, 7) is 11.5. The predicted octanol–water partition coefficient (Wildman–Crippen LogP) is 4.86. The number of rotatable bonds is 5. The second-order valence-electron chi connectivity index (χ2n) is 12.3. The zero-order valence-corrected chi connectivity index (χ0v) is 20.2. The highest BCUT2D eigenvalue weighted by atomic mass is 16.5. The second-order valence-corrected chi connectivity index (χ2v) is 12.3. The molecule has 3 saturated carbocycles. The van der Waals surface area contributed by atoms with Gasteiger partial charge in [-0.2, -0.15) is 0 Å². The molecule has 8 atom stereocenters. The van der Waals surface area contributed by atoms with E-state index in [2.05, 4.69) is 33.8 Å². The van der Waals surface area contributed by atoms with Gasteiger partial charge in [0.2, 0.25) is 11.6 Å². The van der Waals surface area contributed by atoms with Crippen LogP contribution in [0.2, 0.25) is 0 Å². The molecule has 4 nitrogen and oxygen atoms in total. The van der Waals surface area contributed by atoms with Crippen molar-refractivity contribution in [2.75, 3.05) is 0 Å². The van der Waals surface area contributed by atoms with E-state index in [1.807, 2.05) is 6.92 Å². The summed E-state index contributed by atoms with van der Waals surface area (Å²) >= 11 is 0. The van der Waals surface area contributed by atoms with Gasteiger partial charge in [-0.05, 0) is 80.0 Å². The topological polar surface area (TPSA) is 77.8 Å². The molecule has 3 N–H and O–H groups in total. The van der Waals surface area contributed by atoms with Gasteiger partial charge in [-0.1, -0.05) is 58.6 Å². The SMILES string of the molecule is CC(C)CCC[C@@H](C)[C@H]1CC[C@H]2[C@@H]3CC=C4C[C@@H](O)C(=O)C(O)(O)[C@]4(C)[C@H]3CC[C@]12C. The average Bonchev–Trinajstić information content (AvgIpc) is 3.05. The number of Topliss-reactive ketones (excluding diaryl/α,β-unsaturated/α-hetero) is 1. The van der Waals surface area contributed by atoms with E-state index in [4.69, 9.17) is 0 Å². The molecule has 0 heterocycles. The first-order valence-corrected chi connectivity index (χ1v) is 12.8. The normalized spacial score (nSPS) is 45.0. The van der Waals surface area contributed by atoms with Crippen molar-refractivity contribution in [1.82, 2.24) is 0 Å². The molecule has 0 aromatic carbocycles. The van der Waals surface area contributed by atoms with E-state index in [1.54, 1.807) is 0 Å². The van der Waals surface area contributed by atoms with Crippen molar-refractivity contribution in [2.24, 2.45) is 46.3 Å². The van der Waals surface area contributed by atoms with Gasteiger partial charge in [-0.25, -0.2) is 0 Å². The molecule has 4 rings (SSSR count). The van der Waals surface area contributed by atoms with E-state index >= 15 is 0 Å². The Hall–Kier alpha value is -0.710. The van der Waals surface area contributed by atoms with Crippen molar-refractivity contribution in [1.29, 1.82) is 0 Å². The third-order valence-corrected chi connectivity index (χ3v) is 10.5. The van der Waals surface area contributed by atoms with Gasteiger partial charge in [0.15, 0.2) is 0 Å². The van der Waals surface area contributed by atoms with Gasteiger partial charge >= 0.3 is 0 Å². The molecule has 0 bridgehead atoms. The molecule has 31 heavy (non-hydrogen) atoms. The lowest BCUT2D eigenvalue weighted by atomic mass is 9.45. The highest BCUT2D eigenvalue weighted by Crippen LogP contribution is 2.68. The highest BCUT2D eigenvalue weighted by Gasteiger charge is 2.67. The Labute approximate surface area is 188 Å². The number of carbonyl (C=O) groups excluding carboxylic acids is 1. The fourth-order valence-electron chi connectivity index (χ4n) is 8.65. The Morgan fingerprint density at radius 2 is 1.77 bits per heavy atom. The maximum absolute atomic E-state index is 12.6. The summed E-state index contributed by atoms with van der Waals surface area (Å²) < 4.78 is 0. The molecular weight excluding hydrogens is 388 g/mol. The summed E-state index contributed by atoms with van der Waals surface area (Å²) in [5, 5.41) is 32.1. The number of fused-ring (bicyclic) bond motifs is 5. The van der Waals surface area contributed by atoms with E-state index in [-0.39, 0.29) is 12.3 Å². The highest BCUT2D eigenvalue weighted by molar-refractivity contribution is 5.92. The zero-order chi connectivity index (χ0) is 22.8. The number of ketones is 1. The van der Waals surface area contributed by atoms with Crippen molar-refractivity contribution in [3.8, 4) is 0 Å². The Morgan fingerprint density at radius 1 is 1.06 bits per heavy atom. The molecule has 0 radical (unpaired) electrons. The number of aliphatic hydroxyl groups excluding tert-OH is 1. The van der Waals surface area contributed by atoms with Crippen molar-refractivity contribution in [3.05, 3.63) is 11.6 Å². The summed E-state index contributed by atoms with van der Waals surface area (Å²) in [6, 6.07) is 0. The van der Waals surface area contributed by atoms with Crippen LogP contribution in [0.3, 0.4) is 0 Å². The van der Waals surface area contributed by atoms with Gasteiger partial charge in [0.1, 0.15) is 6.10 Å². The van der Waals surface area contributed by atoms with Crippen LogP contribution in [-0.2, 0) is 4.79 Å². The Balaban J connectivity index is 1.58. The number of hydrogen-bond acceptors (Lipinski definition) is 4. The largest absolute Gasteiger partial charge is 0.385 e. The molecule has 0 unspecified atom stereocenters. The molecule has 176 valence electrons. The lowest BCUT2D eigenvalue weighted by Gasteiger charge is -2.60. The van der Waals surface area contributed by atoms with Crippen LogP contribution in [0.15, 0.2) is 11.6 Å². The second kappa shape index (κ2) is 7.95. The lowest BCUT2D eigenvalue weighted by molar-refractivity contribution is -0.257. The van der Waals surface area contributed by atoms with E-state index < -0.39 is 23.1 Å². The van der Waals surface area contributed by atoms with Crippen LogP contribution in [0, 0.1) is 46.3 Å². The van der Waals surface area contributed by atoms with Crippen LogP contribution >= 0.6 is 0 Å². The summed E-state index contributed by atoms with van der Waals surface area (Å²) in [5.41, 5.74) is 0.214. The first-order valence-electron chi connectivity index (χ1n) is 12.8. The van der Waals surface area contributed by atoms with Crippen molar-refractivity contribution < 1.29 is 20.1 Å². The number of hydrogen-bond donors (Lipinski definition) is 3. The maximum Gasteiger partial charge on any atom is 0.236 e. The van der Waals surface area contributed by atoms with Gasteiger partial charge in [0, 0.05) is 6.42 Å². The summed E-state index contributed by atoms with van der Waals surface area (Å²) in [4.78, 5) is 12.6. The molecular formula is C27H44O4. The minimum absolute atomic E-state index is 0.0898. The first-order chi connectivity index (χ1) is 14.4. The molecule has 3 fully saturated rings. The molecule has 0 aromatic heterocycles. The lowest BCUT2D eigenvalue weighted by Crippen LogP contribution is -2.66. The zero-order valence-electron chi connectivity index (χ0n) is 20.2. The van der Waals surface area contributed by atoms with Crippen LogP contribution in [0.25, 0.3) is 0 Å². The van der Waals surface area contributed by atoms with E-state index in [0.29, 0.717) is 17.3 Å². The minimum atomic E-state index is -2.48. The Bertz CT molecular complexity index is 740. The predicted molar refractivity (Wildman–Crippen MR) is 122 cm³/mol. The van der Waals surface area contributed by atoms with E-state index in [1.165, 1.54) is 32.1 Å². The standard InChI is InChI=1S/C27H44O4/c1-16(2)7-6-8-17(3)20-11-12-21-19-10-9-18-15-23(28)24(29)27(30,31)26(18,5)22(19)13-14-25(20,21)4/h9,16-17,19-23,28,30-31H,6-8,10-15H2,1-5H3/t17-,19+,20-,21+,22+,23-,25-,26+/m1/s1. The number of carbonyl (C=O) groups is 1. The number of allylic oxidation sites excluding steroid dienone is 1. The molecule has 0 aliphatic heterocycles. The van der Waals surface area contributed by atoms with Crippen LogP contribution in [-0.4, -0.2) is 33.0 Å². The summed E-state index contributed by atoms with van der Waals surface area (Å²) in [6.07, 6.45) is 10.5. The quantitative estimate of drug-likeness (QED) is 0.428. The van der Waals surface area contributed by atoms with Gasteiger partial charge in [0.05, 0.1) is 5.41 Å². The molecule has 0 spiro atoms. The molecule has 4 heteroatoms. The van der Waals surface area contributed by atoms with Crippen LogP contribution < -0.4 is 0 Å². The third-order valence-electron chi connectivity index (χ3n) is 10.5. The molecule has 4 aliphatic rings. The summed E-state index contributed by atoms with van der Waals surface area (Å²) in [7, 11) is 0. The van der Waals surface area contributed by atoms with Crippen molar-refractivity contribution in [2.45, 2.75) is 104 Å². The smallest absolute Gasteiger partial charge is 0.236 e. The monoisotopic (exact) mass is 432 g/mol. The molecule has 4 aliphatic carbocycles. The number of aliphatic hydroxyl groups is 3. The van der Waals surface area contributed by atoms with Gasteiger partial charge in [0.25, 0.3) is 0 Å². The Kier molecular flexibility index (Phi) is 6.02. The maximum atomic E-state index is 12.6. The van der Waals surface area contributed by atoms with Crippen molar-refractivity contribution in [3.63, 3.8) is 0 Å². The van der Waals surface area contributed by atoms with E-state index in [9.17, 15) is 20.1 Å². The molecule has 0 aromatic rings. The average molecular weight is 433 g/mol. The first kappa shape index (κ1) is 23.4. The van der Waals surface area contributed by atoms with Crippen LogP contribution in [0.4, 0.5) is 0 Å². The van der Waals surface area contributed by atoms with Gasteiger partial charge in [-0.15, -0.1) is 0 Å².